The van der Waals surface area contributed by atoms with Gasteiger partial charge in [0.2, 0.25) is 0 Å². The summed E-state index contributed by atoms with van der Waals surface area (Å²) in [7, 11) is 0. The molecule has 0 spiro atoms. The van der Waals surface area contributed by atoms with Crippen molar-refractivity contribution in [2.45, 2.75) is 33.3 Å². The normalized spacial score (nSPS) is 9.36. The van der Waals surface area contributed by atoms with Gasteiger partial charge >= 0.3 is 30.0 Å². The molecule has 0 aromatic rings. The van der Waals surface area contributed by atoms with Crippen molar-refractivity contribution in [2.75, 3.05) is 0 Å². The first-order valence-corrected chi connectivity index (χ1v) is 10.2. The zero-order valence-corrected chi connectivity index (χ0v) is 12.0. The van der Waals surface area contributed by atoms with Crippen molar-refractivity contribution in [1.82, 2.24) is 0 Å². The maximum absolute atomic E-state index is 10.5. The Bertz CT molecular complexity index is 109. The van der Waals surface area contributed by atoms with Crippen LogP contribution in [0.25, 0.3) is 0 Å². The summed E-state index contributed by atoms with van der Waals surface area (Å²) in [5.41, 5.74) is -0.358. The third-order valence-corrected chi connectivity index (χ3v) is 0.642. The Labute approximate surface area is 85.1 Å². The summed E-state index contributed by atoms with van der Waals surface area (Å²) in [5, 5.41) is 0. The van der Waals surface area contributed by atoms with Crippen LogP contribution < -0.4 is 0 Å². The van der Waals surface area contributed by atoms with Crippen molar-refractivity contribution in [1.29, 1.82) is 0 Å². The van der Waals surface area contributed by atoms with Gasteiger partial charge in [-0.25, -0.2) is 0 Å². The molecule has 0 aliphatic carbocycles. The van der Waals surface area contributed by atoms with E-state index >= 15 is 0 Å². The average molecular weight is 274 g/mol. The Morgan fingerprint density at radius 2 is 1.82 bits per heavy atom. The van der Waals surface area contributed by atoms with Crippen LogP contribution in [0.3, 0.4) is 0 Å². The molecular formula is C7H13BrO2Zn. The van der Waals surface area contributed by atoms with Gasteiger partial charge in [0.05, 0.1) is 0 Å². The van der Waals surface area contributed by atoms with E-state index in [1.807, 2.05) is 20.8 Å². The Kier molecular flexibility index (Phi) is 9.05. The van der Waals surface area contributed by atoms with E-state index < -0.39 is 0 Å². The van der Waals surface area contributed by atoms with Crippen LogP contribution in [0.4, 0.5) is 0 Å². The van der Waals surface area contributed by atoms with Crippen LogP contribution in [0, 0.1) is 6.42 Å². The fraction of sp³-hybridized carbons (Fsp3) is 0.714. The second kappa shape index (κ2) is 7.11. The fourth-order valence-electron chi connectivity index (χ4n) is 0.361. The molecule has 0 atom stereocenters. The minimum atomic E-state index is -0.358. The van der Waals surface area contributed by atoms with Crippen molar-refractivity contribution in [3.05, 3.63) is 6.42 Å². The summed E-state index contributed by atoms with van der Waals surface area (Å²) in [5.74, 6) is -0.262. The van der Waals surface area contributed by atoms with Crippen LogP contribution in [-0.4, -0.2) is 11.6 Å². The van der Waals surface area contributed by atoms with Gasteiger partial charge < -0.3 is 4.74 Å². The topological polar surface area (TPSA) is 26.3 Å². The number of hydrogen-bond acceptors (Lipinski definition) is 2. The molecule has 0 heterocycles. The fourth-order valence-corrected chi connectivity index (χ4v) is 0.361. The first kappa shape index (κ1) is 14.0. The molecule has 0 saturated heterocycles. The SMILES string of the molecule is C[CH-]C(=O)OC(C)(C)C.[Zn+][Br]. The molecule has 0 aliphatic heterocycles. The molecule has 0 fully saturated rings. The summed E-state index contributed by atoms with van der Waals surface area (Å²) in [6, 6.07) is 0. The molecule has 2 nitrogen and oxygen atoms in total. The van der Waals surface area contributed by atoms with Gasteiger partial charge in [-0.2, -0.15) is 6.92 Å². The second-order valence-electron chi connectivity index (χ2n) is 2.82. The Balaban J connectivity index is 0. The van der Waals surface area contributed by atoms with Gasteiger partial charge in [0.15, 0.2) is 5.97 Å². The van der Waals surface area contributed by atoms with Gasteiger partial charge in [-0.05, 0) is 20.8 Å². The first-order chi connectivity index (χ1) is 4.95. The molecule has 0 amide bonds. The monoisotopic (exact) mass is 272 g/mol. The predicted molar refractivity (Wildman–Crippen MR) is 44.7 cm³/mol. The van der Waals surface area contributed by atoms with E-state index in [0.717, 1.165) is 0 Å². The Hall–Kier alpha value is 0.443. The molecule has 0 rings (SSSR count). The van der Waals surface area contributed by atoms with Gasteiger partial charge in [0.25, 0.3) is 0 Å². The summed E-state index contributed by atoms with van der Waals surface area (Å²) in [4.78, 5) is 10.5. The molecule has 0 bridgehead atoms. The van der Waals surface area contributed by atoms with Gasteiger partial charge in [-0.1, -0.05) is 0 Å². The third-order valence-electron chi connectivity index (χ3n) is 0.642. The van der Waals surface area contributed by atoms with Crippen molar-refractivity contribution in [3.63, 3.8) is 0 Å². The van der Waals surface area contributed by atoms with E-state index in [9.17, 15) is 4.79 Å². The van der Waals surface area contributed by atoms with Crippen molar-refractivity contribution in [3.8, 4) is 0 Å². The van der Waals surface area contributed by atoms with E-state index in [1.165, 1.54) is 22.8 Å². The zero-order valence-electron chi connectivity index (χ0n) is 7.48. The Morgan fingerprint density at radius 1 is 1.45 bits per heavy atom. The summed E-state index contributed by atoms with van der Waals surface area (Å²) in [6.45, 7) is 7.19. The van der Waals surface area contributed by atoms with Crippen molar-refractivity contribution < 1.29 is 25.9 Å². The minimum absolute atomic E-state index is 0.262. The first-order valence-electron chi connectivity index (χ1n) is 3.25. The number of ether oxygens (including phenoxy) is 1. The van der Waals surface area contributed by atoms with Crippen LogP contribution in [0.2, 0.25) is 0 Å². The van der Waals surface area contributed by atoms with E-state index in [-0.39, 0.29) is 11.6 Å². The Morgan fingerprint density at radius 3 is 1.91 bits per heavy atom. The van der Waals surface area contributed by atoms with Crippen LogP contribution >= 0.6 is 13.6 Å². The van der Waals surface area contributed by atoms with Crippen molar-refractivity contribution >= 4 is 19.6 Å². The average Bonchev–Trinajstić information content (AvgIpc) is 1.89. The molecule has 62 valence electrons. The molecule has 11 heavy (non-hydrogen) atoms. The molecule has 0 aliphatic rings. The molecule has 0 saturated carbocycles. The quantitative estimate of drug-likeness (QED) is 0.417. The maximum atomic E-state index is 10.5. The number of halogens is 1. The van der Waals surface area contributed by atoms with E-state index in [4.69, 9.17) is 4.74 Å². The predicted octanol–water partition coefficient (Wildman–Crippen LogP) is 2.40. The van der Waals surface area contributed by atoms with E-state index in [1.54, 1.807) is 6.92 Å². The number of carbonyl (C=O) groups excluding carboxylic acids is 1. The molecule has 0 unspecified atom stereocenters. The summed E-state index contributed by atoms with van der Waals surface area (Å²) in [6.07, 6.45) is 1.41. The molecule has 0 N–H and O–H groups in total. The van der Waals surface area contributed by atoms with Crippen molar-refractivity contribution in [2.24, 2.45) is 0 Å². The van der Waals surface area contributed by atoms with E-state index in [2.05, 4.69) is 13.6 Å². The number of rotatable bonds is 1. The molecule has 0 aromatic heterocycles. The zero-order chi connectivity index (χ0) is 9.49. The number of esters is 1. The summed E-state index contributed by atoms with van der Waals surface area (Å²) < 4.78 is 4.89. The van der Waals surface area contributed by atoms with Gasteiger partial charge in [-0.3, -0.25) is 11.2 Å². The standard InChI is InChI=1S/C7H13O2.BrH.Zn/c1-5-6(8)9-7(2,3)4;;/h5H,1-4H3;1H;/q-1;;+2/p-1. The van der Waals surface area contributed by atoms with Gasteiger partial charge in [0.1, 0.15) is 5.60 Å². The third kappa shape index (κ3) is 13.4. The van der Waals surface area contributed by atoms with Gasteiger partial charge in [-0.15, -0.1) is 0 Å². The van der Waals surface area contributed by atoms with Crippen LogP contribution in [0.1, 0.15) is 27.7 Å². The van der Waals surface area contributed by atoms with Crippen LogP contribution in [-0.2, 0) is 25.9 Å². The number of carbonyl (C=O) groups is 1. The van der Waals surface area contributed by atoms with Crippen LogP contribution in [0.5, 0.6) is 0 Å². The number of hydrogen-bond donors (Lipinski definition) is 0. The van der Waals surface area contributed by atoms with Crippen LogP contribution in [0.15, 0.2) is 0 Å². The van der Waals surface area contributed by atoms with Gasteiger partial charge in [0, 0.05) is 0 Å². The van der Waals surface area contributed by atoms with E-state index in [0.29, 0.717) is 0 Å². The summed E-state index contributed by atoms with van der Waals surface area (Å²) >= 11 is 4.25. The molecule has 0 aromatic carbocycles. The molecule has 0 radical (unpaired) electrons. The molecular weight excluding hydrogens is 261 g/mol. The molecule has 4 heteroatoms. The second-order valence-corrected chi connectivity index (χ2v) is 2.82.